The lowest BCUT2D eigenvalue weighted by Gasteiger charge is -2.22. The van der Waals surface area contributed by atoms with Crippen molar-refractivity contribution in [3.8, 4) is 5.75 Å². The van der Waals surface area contributed by atoms with Crippen LogP contribution in [0.25, 0.3) is 0 Å². The molecular formula is C17H22O5. The Kier molecular flexibility index (Phi) is 5.95. The van der Waals surface area contributed by atoms with Gasteiger partial charge in [0.05, 0.1) is 19.6 Å². The van der Waals surface area contributed by atoms with E-state index in [-0.39, 0.29) is 30.9 Å². The van der Waals surface area contributed by atoms with Gasteiger partial charge in [-0.1, -0.05) is 0 Å². The van der Waals surface area contributed by atoms with Crippen molar-refractivity contribution in [2.24, 2.45) is 0 Å². The highest BCUT2D eigenvalue weighted by atomic mass is 16.6. The number of methoxy groups -OCH3 is 1. The monoisotopic (exact) mass is 306 g/mol. The molecule has 0 bridgehead atoms. The van der Waals surface area contributed by atoms with Gasteiger partial charge in [-0.15, -0.1) is 0 Å². The molecule has 1 aliphatic heterocycles. The van der Waals surface area contributed by atoms with Crippen LogP contribution in [0.3, 0.4) is 0 Å². The molecule has 0 N–H and O–H groups in total. The van der Waals surface area contributed by atoms with E-state index in [1.165, 1.54) is 14.0 Å². The maximum atomic E-state index is 12.0. The summed E-state index contributed by atoms with van der Waals surface area (Å²) in [7, 11) is 1.54. The number of carbonyl (C=O) groups is 2. The molecule has 2 rings (SSSR count). The summed E-state index contributed by atoms with van der Waals surface area (Å²) in [6.07, 6.45) is 3.19. The molecular weight excluding hydrogens is 284 g/mol. The molecule has 0 aromatic heterocycles. The van der Waals surface area contributed by atoms with Gasteiger partial charge in [0.2, 0.25) is 0 Å². The highest BCUT2D eigenvalue weighted by Crippen LogP contribution is 2.21. The van der Waals surface area contributed by atoms with Gasteiger partial charge in [-0.05, 0) is 44.4 Å². The minimum atomic E-state index is -0.340. The number of rotatable bonds is 6. The lowest BCUT2D eigenvalue weighted by atomic mass is 10.0. The third kappa shape index (κ3) is 4.56. The number of Topliss-reactive ketones (excluding diaryl/α,β-unsaturated/α-hetero) is 1. The van der Waals surface area contributed by atoms with Crippen molar-refractivity contribution in [1.82, 2.24) is 0 Å². The van der Waals surface area contributed by atoms with Crippen LogP contribution in [0.15, 0.2) is 18.2 Å². The summed E-state index contributed by atoms with van der Waals surface area (Å²) in [6, 6.07) is 5.06. The zero-order valence-electron chi connectivity index (χ0n) is 13.1. The van der Waals surface area contributed by atoms with Gasteiger partial charge in [0.1, 0.15) is 12.4 Å². The topological polar surface area (TPSA) is 61.8 Å². The minimum absolute atomic E-state index is 0.00292. The smallest absolute Gasteiger partial charge is 0.310 e. The van der Waals surface area contributed by atoms with Crippen molar-refractivity contribution in [3.63, 3.8) is 0 Å². The number of hydrogen-bond donors (Lipinski definition) is 0. The summed E-state index contributed by atoms with van der Waals surface area (Å²) < 4.78 is 16.0. The highest BCUT2D eigenvalue weighted by Gasteiger charge is 2.17. The Morgan fingerprint density at radius 1 is 1.32 bits per heavy atom. The lowest BCUT2D eigenvalue weighted by Crippen LogP contribution is -2.26. The van der Waals surface area contributed by atoms with E-state index >= 15 is 0 Å². The number of esters is 1. The van der Waals surface area contributed by atoms with E-state index in [1.54, 1.807) is 18.2 Å². The molecule has 0 amide bonds. The standard InChI is InChI=1S/C17H22O5/c1-12(18)13-6-7-16(20-2)14(9-13)10-17(19)22-11-15-5-3-4-8-21-15/h6-7,9,15H,3-5,8,10-11H2,1-2H3. The summed E-state index contributed by atoms with van der Waals surface area (Å²) in [5.41, 5.74) is 1.21. The molecule has 0 spiro atoms. The van der Waals surface area contributed by atoms with Crippen LogP contribution in [-0.2, 0) is 20.7 Å². The largest absolute Gasteiger partial charge is 0.496 e. The van der Waals surface area contributed by atoms with Crippen molar-refractivity contribution in [3.05, 3.63) is 29.3 Å². The van der Waals surface area contributed by atoms with Crippen LogP contribution in [-0.4, -0.2) is 38.2 Å². The fourth-order valence-electron chi connectivity index (χ4n) is 2.47. The second-order valence-corrected chi connectivity index (χ2v) is 5.43. The molecule has 1 aromatic rings. The molecule has 1 unspecified atom stereocenters. The molecule has 22 heavy (non-hydrogen) atoms. The first-order valence-corrected chi connectivity index (χ1v) is 7.55. The molecule has 1 atom stereocenters. The molecule has 1 fully saturated rings. The lowest BCUT2D eigenvalue weighted by molar-refractivity contribution is -0.148. The molecule has 1 heterocycles. The second-order valence-electron chi connectivity index (χ2n) is 5.43. The first-order chi connectivity index (χ1) is 10.6. The van der Waals surface area contributed by atoms with E-state index in [1.807, 2.05) is 0 Å². The summed E-state index contributed by atoms with van der Waals surface area (Å²) in [6.45, 7) is 2.51. The molecule has 0 aliphatic carbocycles. The van der Waals surface area contributed by atoms with Crippen molar-refractivity contribution >= 4 is 11.8 Å². The van der Waals surface area contributed by atoms with E-state index < -0.39 is 0 Å². The van der Waals surface area contributed by atoms with Crippen molar-refractivity contribution in [1.29, 1.82) is 0 Å². The number of hydrogen-bond acceptors (Lipinski definition) is 5. The quantitative estimate of drug-likeness (QED) is 0.597. The molecule has 1 saturated heterocycles. The summed E-state index contributed by atoms with van der Waals surface area (Å²) in [5, 5.41) is 0. The Morgan fingerprint density at radius 3 is 2.77 bits per heavy atom. The zero-order valence-corrected chi connectivity index (χ0v) is 13.1. The number of ketones is 1. The number of carbonyl (C=O) groups excluding carboxylic acids is 2. The fourth-order valence-corrected chi connectivity index (χ4v) is 2.47. The molecule has 1 aliphatic rings. The Balaban J connectivity index is 1.94. The van der Waals surface area contributed by atoms with E-state index in [0.717, 1.165) is 25.9 Å². The SMILES string of the molecule is COc1ccc(C(C)=O)cc1CC(=O)OCC1CCCCO1. The van der Waals surface area contributed by atoms with E-state index in [9.17, 15) is 9.59 Å². The Labute approximate surface area is 130 Å². The maximum absolute atomic E-state index is 12.0. The highest BCUT2D eigenvalue weighted by molar-refractivity contribution is 5.94. The van der Waals surface area contributed by atoms with E-state index in [4.69, 9.17) is 14.2 Å². The van der Waals surface area contributed by atoms with Crippen LogP contribution in [0.5, 0.6) is 5.75 Å². The van der Waals surface area contributed by atoms with Gasteiger partial charge in [-0.25, -0.2) is 0 Å². The molecule has 5 nitrogen and oxygen atoms in total. The Morgan fingerprint density at radius 2 is 2.14 bits per heavy atom. The van der Waals surface area contributed by atoms with Gasteiger partial charge < -0.3 is 14.2 Å². The summed E-state index contributed by atoms with van der Waals surface area (Å²) >= 11 is 0. The minimum Gasteiger partial charge on any atom is -0.496 e. The van der Waals surface area contributed by atoms with Gasteiger partial charge in [-0.3, -0.25) is 9.59 Å². The predicted molar refractivity (Wildman–Crippen MR) is 81.3 cm³/mol. The molecule has 0 radical (unpaired) electrons. The first-order valence-electron chi connectivity index (χ1n) is 7.55. The number of benzene rings is 1. The van der Waals surface area contributed by atoms with Crippen molar-refractivity contribution < 1.29 is 23.8 Å². The van der Waals surface area contributed by atoms with Gasteiger partial charge in [0.25, 0.3) is 0 Å². The molecule has 0 saturated carbocycles. The van der Waals surface area contributed by atoms with Crippen LogP contribution in [0.2, 0.25) is 0 Å². The summed E-state index contributed by atoms with van der Waals surface area (Å²) in [4.78, 5) is 23.4. The van der Waals surface area contributed by atoms with Gasteiger partial charge in [0, 0.05) is 17.7 Å². The van der Waals surface area contributed by atoms with Crippen LogP contribution >= 0.6 is 0 Å². The normalized spacial score (nSPS) is 17.8. The van der Waals surface area contributed by atoms with Crippen LogP contribution < -0.4 is 4.74 Å². The van der Waals surface area contributed by atoms with Crippen LogP contribution in [0.1, 0.15) is 42.1 Å². The first kappa shape index (κ1) is 16.5. The zero-order chi connectivity index (χ0) is 15.9. The number of ether oxygens (including phenoxy) is 3. The summed E-state index contributed by atoms with van der Waals surface area (Å²) in [5.74, 6) is 0.192. The third-order valence-electron chi connectivity index (χ3n) is 3.73. The van der Waals surface area contributed by atoms with Crippen LogP contribution in [0.4, 0.5) is 0 Å². The second kappa shape index (κ2) is 7.94. The van der Waals surface area contributed by atoms with Crippen molar-refractivity contribution in [2.45, 2.75) is 38.7 Å². The third-order valence-corrected chi connectivity index (χ3v) is 3.73. The van der Waals surface area contributed by atoms with Crippen molar-refractivity contribution in [2.75, 3.05) is 20.3 Å². The van der Waals surface area contributed by atoms with E-state index in [0.29, 0.717) is 16.9 Å². The predicted octanol–water partition coefficient (Wildman–Crippen LogP) is 2.55. The fraction of sp³-hybridized carbons (Fsp3) is 0.529. The Hall–Kier alpha value is -1.88. The average molecular weight is 306 g/mol. The molecule has 1 aromatic carbocycles. The van der Waals surface area contributed by atoms with Gasteiger partial charge in [-0.2, -0.15) is 0 Å². The molecule has 5 heteroatoms. The average Bonchev–Trinajstić information content (AvgIpc) is 2.53. The van der Waals surface area contributed by atoms with Crippen LogP contribution in [0, 0.1) is 0 Å². The maximum Gasteiger partial charge on any atom is 0.310 e. The Bertz CT molecular complexity index is 532. The molecule has 120 valence electrons. The van der Waals surface area contributed by atoms with E-state index in [2.05, 4.69) is 0 Å². The van der Waals surface area contributed by atoms with Gasteiger partial charge in [0.15, 0.2) is 5.78 Å². The van der Waals surface area contributed by atoms with Gasteiger partial charge >= 0.3 is 5.97 Å².